The lowest BCUT2D eigenvalue weighted by Crippen LogP contribution is -2.41. The maximum Gasteiger partial charge on any atom is 0.211 e. The summed E-state index contributed by atoms with van der Waals surface area (Å²) in [7, 11) is -3.13. The average Bonchev–Trinajstić information content (AvgIpc) is 2.41. The van der Waals surface area contributed by atoms with Crippen molar-refractivity contribution in [3.05, 3.63) is 0 Å². The second-order valence-electron chi connectivity index (χ2n) is 4.55. The largest absolute Gasteiger partial charge is 0.212 e. The summed E-state index contributed by atoms with van der Waals surface area (Å²) in [6.45, 7) is 1.99. The monoisotopic (exact) mass is 267 g/mol. The number of rotatable bonds is 5. The Morgan fingerprint density at radius 1 is 1.25 bits per heavy atom. The molecule has 96 valence electrons. The Hall–Kier alpha value is 0.200. The van der Waals surface area contributed by atoms with Gasteiger partial charge in [0.25, 0.3) is 0 Å². The number of halogens is 1. The van der Waals surface area contributed by atoms with Crippen molar-refractivity contribution in [3.8, 4) is 0 Å². The van der Waals surface area contributed by atoms with Crippen molar-refractivity contribution in [1.29, 1.82) is 0 Å². The van der Waals surface area contributed by atoms with Crippen LogP contribution in [0.1, 0.15) is 51.9 Å². The van der Waals surface area contributed by atoms with Gasteiger partial charge >= 0.3 is 0 Å². The van der Waals surface area contributed by atoms with E-state index in [0.29, 0.717) is 0 Å². The van der Waals surface area contributed by atoms with Gasteiger partial charge in [-0.2, -0.15) is 0 Å². The van der Waals surface area contributed by atoms with E-state index in [1.54, 1.807) is 0 Å². The maximum absolute atomic E-state index is 11.7. The van der Waals surface area contributed by atoms with Crippen LogP contribution in [0.5, 0.6) is 0 Å². The second kappa shape index (κ2) is 6.82. The van der Waals surface area contributed by atoms with Gasteiger partial charge in [0, 0.05) is 11.4 Å². The highest BCUT2D eigenvalue weighted by atomic mass is 35.5. The first-order chi connectivity index (χ1) is 7.55. The number of alkyl halides is 1. The van der Waals surface area contributed by atoms with Crippen LogP contribution in [0.3, 0.4) is 0 Å². The standard InChI is InChI=1S/C11H22ClNO2S/c1-2-3-9-16(14,15)13-11-8-6-4-5-7-10(11)12/h10-11,13H,2-9H2,1H3. The first kappa shape index (κ1) is 14.3. The molecule has 5 heteroatoms. The van der Waals surface area contributed by atoms with Crippen molar-refractivity contribution in [3.63, 3.8) is 0 Å². The lowest BCUT2D eigenvalue weighted by molar-refractivity contribution is 0.513. The zero-order valence-electron chi connectivity index (χ0n) is 9.91. The first-order valence-corrected chi connectivity index (χ1v) is 8.28. The van der Waals surface area contributed by atoms with Gasteiger partial charge in [0.1, 0.15) is 0 Å². The molecule has 1 aliphatic rings. The summed E-state index contributed by atoms with van der Waals surface area (Å²) in [4.78, 5) is 0. The topological polar surface area (TPSA) is 46.2 Å². The van der Waals surface area contributed by atoms with E-state index in [1.165, 1.54) is 0 Å². The van der Waals surface area contributed by atoms with E-state index in [4.69, 9.17) is 11.6 Å². The van der Waals surface area contributed by atoms with E-state index in [9.17, 15) is 8.42 Å². The maximum atomic E-state index is 11.7. The fourth-order valence-electron chi connectivity index (χ4n) is 2.02. The molecule has 1 N–H and O–H groups in total. The van der Waals surface area contributed by atoms with Gasteiger partial charge in [-0.25, -0.2) is 13.1 Å². The molecule has 2 atom stereocenters. The number of unbranched alkanes of at least 4 members (excludes halogenated alkanes) is 1. The Morgan fingerprint density at radius 3 is 2.62 bits per heavy atom. The van der Waals surface area contributed by atoms with E-state index in [-0.39, 0.29) is 17.2 Å². The molecule has 0 amide bonds. The fourth-order valence-corrected chi connectivity index (χ4v) is 3.97. The molecule has 0 radical (unpaired) electrons. The molecule has 0 saturated heterocycles. The molecular weight excluding hydrogens is 246 g/mol. The van der Waals surface area contributed by atoms with Gasteiger partial charge in [0.2, 0.25) is 10.0 Å². The lowest BCUT2D eigenvalue weighted by Gasteiger charge is -2.20. The van der Waals surface area contributed by atoms with Crippen LogP contribution in [0.2, 0.25) is 0 Å². The number of hydrogen-bond donors (Lipinski definition) is 1. The summed E-state index contributed by atoms with van der Waals surface area (Å²) >= 11 is 6.20. The van der Waals surface area contributed by atoms with Gasteiger partial charge in [0.15, 0.2) is 0 Å². The molecule has 3 nitrogen and oxygen atoms in total. The van der Waals surface area contributed by atoms with Gasteiger partial charge in [-0.3, -0.25) is 0 Å². The molecule has 1 fully saturated rings. The number of nitrogens with one attached hydrogen (secondary N) is 1. The zero-order chi connectivity index (χ0) is 12.0. The minimum Gasteiger partial charge on any atom is -0.212 e. The van der Waals surface area contributed by atoms with Crippen LogP contribution in [0.15, 0.2) is 0 Å². The van der Waals surface area contributed by atoms with Crippen molar-refractivity contribution in [1.82, 2.24) is 4.72 Å². The summed E-state index contributed by atoms with van der Waals surface area (Å²) in [6.07, 6.45) is 6.76. The van der Waals surface area contributed by atoms with E-state index in [0.717, 1.165) is 44.9 Å². The predicted octanol–water partition coefficient (Wildman–Crippen LogP) is 2.65. The smallest absolute Gasteiger partial charge is 0.211 e. The molecule has 0 aliphatic heterocycles. The van der Waals surface area contributed by atoms with Gasteiger partial charge in [-0.15, -0.1) is 11.6 Å². The number of sulfonamides is 1. The quantitative estimate of drug-likeness (QED) is 0.615. The first-order valence-electron chi connectivity index (χ1n) is 6.19. The highest BCUT2D eigenvalue weighted by Gasteiger charge is 2.25. The normalized spacial score (nSPS) is 27.6. The van der Waals surface area contributed by atoms with E-state index < -0.39 is 10.0 Å². The minimum absolute atomic E-state index is 0.0427. The SMILES string of the molecule is CCCCS(=O)(=O)NC1CCCCCC1Cl. The molecule has 0 aromatic rings. The molecule has 1 rings (SSSR count). The molecule has 1 saturated carbocycles. The van der Waals surface area contributed by atoms with Crippen molar-refractivity contribution in [2.75, 3.05) is 5.75 Å². The van der Waals surface area contributed by atoms with Crippen LogP contribution >= 0.6 is 11.6 Å². The number of hydrogen-bond acceptors (Lipinski definition) is 2. The Balaban J connectivity index is 2.50. The van der Waals surface area contributed by atoms with Crippen LogP contribution in [0, 0.1) is 0 Å². The van der Waals surface area contributed by atoms with Crippen LogP contribution in [-0.2, 0) is 10.0 Å². The van der Waals surface area contributed by atoms with Crippen LogP contribution in [-0.4, -0.2) is 25.6 Å². The molecule has 16 heavy (non-hydrogen) atoms. The summed E-state index contributed by atoms with van der Waals surface area (Å²) in [5.74, 6) is 0.226. The Morgan fingerprint density at radius 2 is 1.94 bits per heavy atom. The summed E-state index contributed by atoms with van der Waals surface area (Å²) in [5, 5.41) is -0.0427. The van der Waals surface area contributed by atoms with Crippen LogP contribution in [0.4, 0.5) is 0 Å². The predicted molar refractivity (Wildman–Crippen MR) is 68.3 cm³/mol. The molecule has 0 heterocycles. The van der Waals surface area contributed by atoms with E-state index in [2.05, 4.69) is 4.72 Å². The Kier molecular flexibility index (Phi) is 6.08. The lowest BCUT2D eigenvalue weighted by atomic mass is 10.1. The molecule has 0 spiro atoms. The minimum atomic E-state index is -3.13. The van der Waals surface area contributed by atoms with Crippen LogP contribution < -0.4 is 4.72 Å². The average molecular weight is 268 g/mol. The zero-order valence-corrected chi connectivity index (χ0v) is 11.5. The van der Waals surface area contributed by atoms with E-state index in [1.807, 2.05) is 6.92 Å². The van der Waals surface area contributed by atoms with Crippen molar-refractivity contribution >= 4 is 21.6 Å². The molecule has 0 bridgehead atoms. The molecule has 1 aliphatic carbocycles. The molecule has 2 unspecified atom stereocenters. The fraction of sp³-hybridized carbons (Fsp3) is 1.00. The summed E-state index contributed by atoms with van der Waals surface area (Å²) < 4.78 is 26.3. The second-order valence-corrected chi connectivity index (χ2v) is 6.98. The van der Waals surface area contributed by atoms with Gasteiger partial charge in [-0.1, -0.05) is 32.6 Å². The van der Waals surface area contributed by atoms with Crippen molar-refractivity contribution < 1.29 is 8.42 Å². The third-order valence-electron chi connectivity index (χ3n) is 3.03. The summed E-state index contributed by atoms with van der Waals surface area (Å²) in [6, 6.07) is -0.0639. The Labute approximate surface area is 104 Å². The Bertz CT molecular complexity index is 292. The van der Waals surface area contributed by atoms with Gasteiger partial charge in [-0.05, 0) is 19.3 Å². The van der Waals surface area contributed by atoms with Crippen LogP contribution in [0.25, 0.3) is 0 Å². The molecule has 0 aromatic heterocycles. The van der Waals surface area contributed by atoms with Crippen molar-refractivity contribution in [2.24, 2.45) is 0 Å². The molecule has 0 aromatic carbocycles. The highest BCUT2D eigenvalue weighted by Crippen LogP contribution is 2.22. The van der Waals surface area contributed by atoms with Gasteiger partial charge < -0.3 is 0 Å². The van der Waals surface area contributed by atoms with E-state index >= 15 is 0 Å². The summed E-state index contributed by atoms with van der Waals surface area (Å²) in [5.41, 5.74) is 0. The molecular formula is C11H22ClNO2S. The highest BCUT2D eigenvalue weighted by molar-refractivity contribution is 7.89. The third-order valence-corrected chi connectivity index (χ3v) is 5.04. The van der Waals surface area contributed by atoms with Gasteiger partial charge in [0.05, 0.1) is 5.75 Å². The van der Waals surface area contributed by atoms with Crippen molar-refractivity contribution in [2.45, 2.75) is 63.3 Å². The third kappa shape index (κ3) is 5.02.